The molecular weight excluding hydrogens is 403 g/mol. The summed E-state index contributed by atoms with van der Waals surface area (Å²) in [5.41, 5.74) is 2.09. The van der Waals surface area contributed by atoms with Crippen LogP contribution in [0, 0.1) is 12.7 Å². The van der Waals surface area contributed by atoms with Gasteiger partial charge in [0.25, 0.3) is 11.8 Å². The first-order chi connectivity index (χ1) is 14.5. The minimum Gasteiger partial charge on any atom is -0.339 e. The highest BCUT2D eigenvalue weighted by Gasteiger charge is 2.28. The van der Waals surface area contributed by atoms with Gasteiger partial charge in [-0.1, -0.05) is 35.6 Å². The van der Waals surface area contributed by atoms with Crippen molar-refractivity contribution in [3.8, 4) is 0 Å². The quantitative estimate of drug-likeness (QED) is 0.679. The van der Waals surface area contributed by atoms with Gasteiger partial charge in [0.2, 0.25) is 5.01 Å². The van der Waals surface area contributed by atoms with Gasteiger partial charge in [0.1, 0.15) is 10.8 Å². The van der Waals surface area contributed by atoms with Gasteiger partial charge in [-0.15, -0.1) is 10.2 Å². The lowest BCUT2D eigenvalue weighted by molar-refractivity contribution is 0.0712. The second kappa shape index (κ2) is 8.71. The number of hydrogen-bond acceptors (Lipinski definition) is 5. The molecule has 30 heavy (non-hydrogen) atoms. The molecule has 0 saturated carbocycles. The SMILES string of the molecule is Cc1ccccc1C(=O)N1CCC(c2nnc(C(=O)Nc3cccc(F)c3)s2)CC1. The van der Waals surface area contributed by atoms with Gasteiger partial charge >= 0.3 is 0 Å². The van der Waals surface area contributed by atoms with Gasteiger partial charge in [-0.25, -0.2) is 4.39 Å². The van der Waals surface area contributed by atoms with Gasteiger partial charge < -0.3 is 10.2 Å². The number of aromatic nitrogens is 2. The minimum atomic E-state index is -0.419. The first-order valence-electron chi connectivity index (χ1n) is 9.76. The third kappa shape index (κ3) is 4.38. The molecule has 2 heterocycles. The van der Waals surface area contributed by atoms with E-state index in [0.29, 0.717) is 18.8 Å². The smallest absolute Gasteiger partial charge is 0.286 e. The number of benzene rings is 2. The molecule has 1 fully saturated rings. The Balaban J connectivity index is 1.36. The van der Waals surface area contributed by atoms with Crippen LogP contribution in [0.2, 0.25) is 0 Å². The van der Waals surface area contributed by atoms with Crippen LogP contribution < -0.4 is 5.32 Å². The van der Waals surface area contributed by atoms with Crippen molar-refractivity contribution in [3.05, 3.63) is 75.5 Å². The number of aryl methyl sites for hydroxylation is 1. The van der Waals surface area contributed by atoms with Crippen molar-refractivity contribution in [1.82, 2.24) is 15.1 Å². The van der Waals surface area contributed by atoms with E-state index in [1.807, 2.05) is 36.1 Å². The topological polar surface area (TPSA) is 75.2 Å². The molecule has 0 aliphatic carbocycles. The van der Waals surface area contributed by atoms with Crippen molar-refractivity contribution in [2.45, 2.75) is 25.7 Å². The summed E-state index contributed by atoms with van der Waals surface area (Å²) in [5, 5.41) is 11.9. The zero-order valence-corrected chi connectivity index (χ0v) is 17.3. The minimum absolute atomic E-state index is 0.0546. The van der Waals surface area contributed by atoms with Crippen LogP contribution in [-0.2, 0) is 0 Å². The first kappa shape index (κ1) is 20.2. The summed E-state index contributed by atoms with van der Waals surface area (Å²) in [4.78, 5) is 27.0. The average Bonchev–Trinajstić information content (AvgIpc) is 3.24. The number of piperidine rings is 1. The Bertz CT molecular complexity index is 1080. The highest BCUT2D eigenvalue weighted by Crippen LogP contribution is 2.31. The predicted molar refractivity (Wildman–Crippen MR) is 113 cm³/mol. The largest absolute Gasteiger partial charge is 0.339 e. The van der Waals surface area contributed by atoms with Crippen LogP contribution in [0.1, 0.15) is 49.5 Å². The molecule has 3 aromatic rings. The molecule has 1 aliphatic rings. The summed E-state index contributed by atoms with van der Waals surface area (Å²) < 4.78 is 13.3. The first-order valence-corrected chi connectivity index (χ1v) is 10.6. The standard InChI is InChI=1S/C22H21FN4O2S/c1-14-5-2-3-8-18(14)22(29)27-11-9-15(10-12-27)20-25-26-21(30-20)19(28)24-17-7-4-6-16(23)13-17/h2-8,13,15H,9-12H2,1H3,(H,24,28). The van der Waals surface area contributed by atoms with Crippen LogP contribution in [0.5, 0.6) is 0 Å². The number of carbonyl (C=O) groups is 2. The fraction of sp³-hybridized carbons (Fsp3) is 0.273. The summed E-state index contributed by atoms with van der Waals surface area (Å²) in [6.45, 7) is 3.22. The molecule has 0 bridgehead atoms. The zero-order valence-electron chi connectivity index (χ0n) is 16.5. The van der Waals surface area contributed by atoms with Crippen molar-refractivity contribution in [2.24, 2.45) is 0 Å². The molecule has 1 aliphatic heterocycles. The average molecular weight is 425 g/mol. The Morgan fingerprint density at radius 1 is 1.10 bits per heavy atom. The number of rotatable bonds is 4. The molecule has 0 radical (unpaired) electrons. The third-order valence-electron chi connectivity index (χ3n) is 5.22. The van der Waals surface area contributed by atoms with E-state index in [9.17, 15) is 14.0 Å². The highest BCUT2D eigenvalue weighted by atomic mass is 32.1. The summed E-state index contributed by atoms with van der Waals surface area (Å²) in [5.74, 6) is -0.604. The second-order valence-corrected chi connectivity index (χ2v) is 8.30. The molecule has 6 nitrogen and oxygen atoms in total. The predicted octanol–water partition coefficient (Wildman–Crippen LogP) is 4.26. The van der Waals surface area contributed by atoms with Crippen molar-refractivity contribution in [1.29, 1.82) is 0 Å². The monoisotopic (exact) mass is 424 g/mol. The van der Waals surface area contributed by atoms with E-state index in [-0.39, 0.29) is 16.8 Å². The van der Waals surface area contributed by atoms with Gasteiger partial charge in [-0.05, 0) is 49.6 Å². The van der Waals surface area contributed by atoms with E-state index in [1.54, 1.807) is 6.07 Å². The molecule has 1 N–H and O–H groups in total. The molecule has 2 aromatic carbocycles. The van der Waals surface area contributed by atoms with Crippen LogP contribution in [0.3, 0.4) is 0 Å². The van der Waals surface area contributed by atoms with Crippen LogP contribution in [-0.4, -0.2) is 40.0 Å². The summed E-state index contributed by atoms with van der Waals surface area (Å²) >= 11 is 1.25. The van der Waals surface area contributed by atoms with Crippen molar-refractivity contribution in [3.63, 3.8) is 0 Å². The molecule has 154 valence electrons. The summed E-state index contributed by atoms with van der Waals surface area (Å²) in [6.07, 6.45) is 1.55. The fourth-order valence-electron chi connectivity index (χ4n) is 3.55. The summed E-state index contributed by atoms with van der Waals surface area (Å²) in [6, 6.07) is 13.3. The van der Waals surface area contributed by atoms with Gasteiger partial charge in [0.05, 0.1) is 0 Å². The zero-order chi connectivity index (χ0) is 21.1. The van der Waals surface area contributed by atoms with Crippen LogP contribution >= 0.6 is 11.3 Å². The Kier molecular flexibility index (Phi) is 5.85. The lowest BCUT2D eigenvalue weighted by atomic mass is 9.96. The molecular formula is C22H21FN4O2S. The van der Waals surface area contributed by atoms with E-state index < -0.39 is 11.7 Å². The van der Waals surface area contributed by atoms with E-state index in [4.69, 9.17) is 0 Å². The van der Waals surface area contributed by atoms with Crippen molar-refractivity contribution >= 4 is 28.8 Å². The molecule has 1 aromatic heterocycles. The molecule has 2 amide bonds. The highest BCUT2D eigenvalue weighted by molar-refractivity contribution is 7.13. The lowest BCUT2D eigenvalue weighted by Crippen LogP contribution is -2.38. The van der Waals surface area contributed by atoms with E-state index in [2.05, 4.69) is 15.5 Å². The molecule has 4 rings (SSSR count). The van der Waals surface area contributed by atoms with Gasteiger partial charge in [0.15, 0.2) is 0 Å². The number of nitrogens with zero attached hydrogens (tertiary/aromatic N) is 3. The van der Waals surface area contributed by atoms with Gasteiger partial charge in [-0.3, -0.25) is 9.59 Å². The normalized spacial score (nSPS) is 14.5. The van der Waals surface area contributed by atoms with E-state index in [1.165, 1.54) is 29.5 Å². The number of nitrogens with one attached hydrogen (secondary N) is 1. The van der Waals surface area contributed by atoms with Crippen molar-refractivity contribution < 1.29 is 14.0 Å². The van der Waals surface area contributed by atoms with E-state index >= 15 is 0 Å². The second-order valence-electron chi connectivity index (χ2n) is 7.29. The molecule has 0 spiro atoms. The third-order valence-corrected chi connectivity index (χ3v) is 6.31. The molecule has 0 unspecified atom stereocenters. The maximum absolute atomic E-state index is 13.3. The molecule has 0 atom stereocenters. The number of hydrogen-bond donors (Lipinski definition) is 1. The summed E-state index contributed by atoms with van der Waals surface area (Å²) in [7, 11) is 0. The Hall–Kier alpha value is -3.13. The lowest BCUT2D eigenvalue weighted by Gasteiger charge is -2.31. The molecule has 1 saturated heterocycles. The molecule has 8 heteroatoms. The Labute approximate surface area is 177 Å². The number of likely N-dealkylation sites (tertiary alicyclic amines) is 1. The maximum Gasteiger partial charge on any atom is 0.286 e. The number of carbonyl (C=O) groups excluding carboxylic acids is 2. The van der Waals surface area contributed by atoms with Crippen LogP contribution in [0.4, 0.5) is 10.1 Å². The van der Waals surface area contributed by atoms with Crippen molar-refractivity contribution in [2.75, 3.05) is 18.4 Å². The van der Waals surface area contributed by atoms with Crippen LogP contribution in [0.15, 0.2) is 48.5 Å². The van der Waals surface area contributed by atoms with Crippen LogP contribution in [0.25, 0.3) is 0 Å². The maximum atomic E-state index is 13.3. The number of halogens is 1. The van der Waals surface area contributed by atoms with Gasteiger partial charge in [-0.2, -0.15) is 0 Å². The number of anilines is 1. The van der Waals surface area contributed by atoms with E-state index in [0.717, 1.165) is 29.0 Å². The van der Waals surface area contributed by atoms with Gasteiger partial charge in [0, 0.05) is 30.3 Å². The Morgan fingerprint density at radius 2 is 1.87 bits per heavy atom. The number of amides is 2. The fourth-order valence-corrected chi connectivity index (χ4v) is 4.46. The Morgan fingerprint density at radius 3 is 2.60 bits per heavy atom.